The highest BCUT2D eigenvalue weighted by atomic mass is 32.2. The summed E-state index contributed by atoms with van der Waals surface area (Å²) in [6.07, 6.45) is 2.94. The minimum Gasteiger partial charge on any atom is -0.280 e. The number of rotatable bonds is 6. The monoisotopic (exact) mass is 345 g/mol. The first-order chi connectivity index (χ1) is 11.5. The van der Waals surface area contributed by atoms with Crippen molar-refractivity contribution in [1.82, 2.24) is 9.78 Å². The average Bonchev–Trinajstić information content (AvgIpc) is 2.96. The normalized spacial score (nSPS) is 11.4. The molecule has 2 aromatic carbocycles. The molecule has 1 heterocycles. The fraction of sp³-hybridized carbons (Fsp3) is 0.118. The smallest absolute Gasteiger partial charge is 0.237 e. The summed E-state index contributed by atoms with van der Waals surface area (Å²) in [6, 6.07) is 15.3. The maximum Gasteiger partial charge on any atom is 0.237 e. The predicted octanol–water partition coefficient (Wildman–Crippen LogP) is 3.01. The summed E-state index contributed by atoms with van der Waals surface area (Å²) < 4.78 is 42.0. The van der Waals surface area contributed by atoms with Gasteiger partial charge in [0, 0.05) is 11.8 Å². The van der Waals surface area contributed by atoms with E-state index >= 15 is 0 Å². The Morgan fingerprint density at radius 1 is 1.04 bits per heavy atom. The number of hydrogen-bond donors (Lipinski definition) is 1. The van der Waals surface area contributed by atoms with Gasteiger partial charge in [-0.1, -0.05) is 48.5 Å². The molecule has 0 aliphatic carbocycles. The van der Waals surface area contributed by atoms with Crippen molar-refractivity contribution < 1.29 is 12.8 Å². The molecular weight excluding hydrogens is 329 g/mol. The first-order valence-corrected chi connectivity index (χ1v) is 8.97. The van der Waals surface area contributed by atoms with Crippen molar-refractivity contribution in [3.8, 4) is 0 Å². The van der Waals surface area contributed by atoms with Crippen LogP contribution in [0.3, 0.4) is 0 Å². The molecule has 3 rings (SSSR count). The second kappa shape index (κ2) is 6.84. The standard InChI is InChI=1S/C17H16FN3O2S/c18-17-9-5-4-8-15(17)11-21-12-16(10-19-21)20-24(22,23)13-14-6-2-1-3-7-14/h1-10,12,20H,11,13H2. The zero-order valence-electron chi connectivity index (χ0n) is 12.8. The molecule has 1 aromatic heterocycles. The Morgan fingerprint density at radius 3 is 2.50 bits per heavy atom. The van der Waals surface area contributed by atoms with Crippen molar-refractivity contribution in [2.75, 3.05) is 4.72 Å². The number of nitrogens with zero attached hydrogens (tertiary/aromatic N) is 2. The molecule has 0 saturated carbocycles. The summed E-state index contributed by atoms with van der Waals surface area (Å²) in [6.45, 7) is 0.229. The van der Waals surface area contributed by atoms with E-state index in [4.69, 9.17) is 0 Å². The molecule has 24 heavy (non-hydrogen) atoms. The van der Waals surface area contributed by atoms with Gasteiger partial charge in [-0.3, -0.25) is 9.40 Å². The van der Waals surface area contributed by atoms with Crippen LogP contribution in [-0.2, 0) is 22.3 Å². The van der Waals surface area contributed by atoms with Crippen molar-refractivity contribution in [2.45, 2.75) is 12.3 Å². The zero-order chi connectivity index (χ0) is 17.0. The van der Waals surface area contributed by atoms with Crippen LogP contribution in [0.15, 0.2) is 67.0 Å². The van der Waals surface area contributed by atoms with Gasteiger partial charge in [-0.25, -0.2) is 12.8 Å². The second-order valence-corrected chi connectivity index (χ2v) is 7.09. The fourth-order valence-corrected chi connectivity index (χ4v) is 3.48. The van der Waals surface area contributed by atoms with Gasteiger partial charge in [0.15, 0.2) is 0 Å². The number of nitrogens with one attached hydrogen (secondary N) is 1. The van der Waals surface area contributed by atoms with E-state index < -0.39 is 10.0 Å². The van der Waals surface area contributed by atoms with Crippen LogP contribution in [0, 0.1) is 5.82 Å². The molecule has 0 atom stereocenters. The van der Waals surface area contributed by atoms with E-state index in [1.165, 1.54) is 23.1 Å². The molecule has 0 bridgehead atoms. The predicted molar refractivity (Wildman–Crippen MR) is 90.4 cm³/mol. The van der Waals surface area contributed by atoms with Gasteiger partial charge in [0.25, 0.3) is 0 Å². The lowest BCUT2D eigenvalue weighted by Gasteiger charge is -2.06. The van der Waals surface area contributed by atoms with Gasteiger partial charge in [0.2, 0.25) is 10.0 Å². The molecule has 124 valence electrons. The van der Waals surface area contributed by atoms with E-state index in [2.05, 4.69) is 9.82 Å². The Hall–Kier alpha value is -2.67. The average molecular weight is 345 g/mol. The third kappa shape index (κ3) is 4.20. The summed E-state index contributed by atoms with van der Waals surface area (Å²) in [4.78, 5) is 0. The van der Waals surface area contributed by atoms with Crippen molar-refractivity contribution in [1.29, 1.82) is 0 Å². The number of benzene rings is 2. The maximum atomic E-state index is 13.6. The van der Waals surface area contributed by atoms with Crippen LogP contribution >= 0.6 is 0 Å². The second-order valence-electron chi connectivity index (χ2n) is 5.36. The molecule has 0 unspecified atom stereocenters. The Morgan fingerprint density at radius 2 is 1.75 bits per heavy atom. The summed E-state index contributed by atoms with van der Waals surface area (Å²) in [5.41, 5.74) is 1.53. The van der Waals surface area contributed by atoms with E-state index in [1.807, 2.05) is 6.07 Å². The maximum absolute atomic E-state index is 13.6. The number of sulfonamides is 1. The summed E-state index contributed by atoms with van der Waals surface area (Å²) >= 11 is 0. The largest absolute Gasteiger partial charge is 0.280 e. The Bertz CT molecular complexity index is 924. The van der Waals surface area contributed by atoms with Gasteiger partial charge >= 0.3 is 0 Å². The van der Waals surface area contributed by atoms with Crippen LogP contribution in [0.2, 0.25) is 0 Å². The highest BCUT2D eigenvalue weighted by Gasteiger charge is 2.13. The van der Waals surface area contributed by atoms with Crippen LogP contribution in [0.25, 0.3) is 0 Å². The van der Waals surface area contributed by atoms with Crippen LogP contribution in [-0.4, -0.2) is 18.2 Å². The van der Waals surface area contributed by atoms with E-state index in [1.54, 1.807) is 42.5 Å². The minimum atomic E-state index is -3.53. The van der Waals surface area contributed by atoms with Crippen LogP contribution in [0.1, 0.15) is 11.1 Å². The van der Waals surface area contributed by atoms with E-state index in [0.717, 1.165) is 0 Å². The van der Waals surface area contributed by atoms with Crippen molar-refractivity contribution in [3.63, 3.8) is 0 Å². The number of aromatic nitrogens is 2. The minimum absolute atomic E-state index is 0.119. The van der Waals surface area contributed by atoms with Crippen molar-refractivity contribution in [3.05, 3.63) is 83.9 Å². The summed E-state index contributed by atoms with van der Waals surface area (Å²) in [5.74, 6) is -0.439. The van der Waals surface area contributed by atoms with E-state index in [-0.39, 0.29) is 18.1 Å². The topological polar surface area (TPSA) is 64.0 Å². The molecule has 1 N–H and O–H groups in total. The molecule has 0 amide bonds. The number of anilines is 1. The lowest BCUT2D eigenvalue weighted by molar-refractivity contribution is 0.585. The van der Waals surface area contributed by atoms with Crippen molar-refractivity contribution in [2.24, 2.45) is 0 Å². The van der Waals surface area contributed by atoms with Crippen molar-refractivity contribution >= 4 is 15.7 Å². The molecule has 5 nitrogen and oxygen atoms in total. The van der Waals surface area contributed by atoms with Gasteiger partial charge < -0.3 is 0 Å². The first kappa shape index (κ1) is 16.2. The molecule has 0 spiro atoms. The highest BCUT2D eigenvalue weighted by molar-refractivity contribution is 7.91. The summed E-state index contributed by atoms with van der Waals surface area (Å²) in [7, 11) is -3.53. The first-order valence-electron chi connectivity index (χ1n) is 7.32. The number of halogens is 1. The fourth-order valence-electron chi connectivity index (χ4n) is 2.31. The van der Waals surface area contributed by atoms with E-state index in [0.29, 0.717) is 16.8 Å². The molecule has 3 aromatic rings. The van der Waals surface area contributed by atoms with E-state index in [9.17, 15) is 12.8 Å². The molecule has 0 saturated heterocycles. The van der Waals surface area contributed by atoms with Gasteiger partial charge in [0.1, 0.15) is 5.82 Å². The molecule has 0 fully saturated rings. The quantitative estimate of drug-likeness (QED) is 0.747. The van der Waals surface area contributed by atoms with Crippen LogP contribution in [0.5, 0.6) is 0 Å². The lowest BCUT2D eigenvalue weighted by Crippen LogP contribution is -2.14. The van der Waals surface area contributed by atoms with Gasteiger partial charge in [-0.15, -0.1) is 0 Å². The molecular formula is C17H16FN3O2S. The molecule has 0 radical (unpaired) electrons. The SMILES string of the molecule is O=S(=O)(Cc1ccccc1)Nc1cnn(Cc2ccccc2F)c1. The molecule has 7 heteroatoms. The van der Waals surface area contributed by atoms with Gasteiger partial charge in [-0.05, 0) is 11.6 Å². The van der Waals surface area contributed by atoms with Gasteiger partial charge in [0.05, 0.1) is 24.2 Å². The summed E-state index contributed by atoms with van der Waals surface area (Å²) in [5, 5.41) is 4.07. The lowest BCUT2D eigenvalue weighted by atomic mass is 10.2. The Kier molecular flexibility index (Phi) is 4.61. The van der Waals surface area contributed by atoms with Gasteiger partial charge in [-0.2, -0.15) is 5.10 Å². The molecule has 0 aliphatic heterocycles. The number of hydrogen-bond acceptors (Lipinski definition) is 3. The molecule has 0 aliphatic rings. The van der Waals surface area contributed by atoms with Crippen LogP contribution in [0.4, 0.5) is 10.1 Å². The van der Waals surface area contributed by atoms with Crippen LogP contribution < -0.4 is 4.72 Å². The third-order valence-electron chi connectivity index (χ3n) is 3.40. The zero-order valence-corrected chi connectivity index (χ0v) is 13.6. The third-order valence-corrected chi connectivity index (χ3v) is 4.66. The highest BCUT2D eigenvalue weighted by Crippen LogP contribution is 2.14. The Labute approximate surface area is 139 Å². The Balaban J connectivity index is 1.68.